The molecular formula is C25H3F10N3. The summed E-state index contributed by atoms with van der Waals surface area (Å²) in [6.07, 6.45) is -10.7. The van der Waals surface area contributed by atoms with Crippen molar-refractivity contribution in [2.45, 2.75) is 12.4 Å². The molecule has 0 bridgehead atoms. The van der Waals surface area contributed by atoms with Crippen LogP contribution in [-0.2, 0) is 12.4 Å². The monoisotopic (exact) mass is 535 g/mol. The minimum absolute atomic E-state index is 0.336. The maximum atomic E-state index is 15.1. The molecule has 0 saturated carbocycles. The minimum atomic E-state index is -5.49. The van der Waals surface area contributed by atoms with Crippen molar-refractivity contribution >= 4 is 21.5 Å². The second kappa shape index (κ2) is 7.59. The van der Waals surface area contributed by atoms with Gasteiger partial charge in [-0.15, -0.1) is 0 Å². The van der Waals surface area contributed by atoms with Gasteiger partial charge in [0.05, 0.1) is 40.0 Å². The molecule has 1 aliphatic rings. The third kappa shape index (κ3) is 3.00. The van der Waals surface area contributed by atoms with E-state index in [1.807, 2.05) is 0 Å². The molecule has 0 spiro atoms. The van der Waals surface area contributed by atoms with E-state index < -0.39 is 102 Å². The molecule has 13 heteroatoms. The van der Waals surface area contributed by atoms with Gasteiger partial charge in [-0.25, -0.2) is 17.6 Å². The summed E-state index contributed by atoms with van der Waals surface area (Å²) in [5.74, 6) is -9.55. The maximum absolute atomic E-state index is 15.1. The topological polar surface area (TPSA) is 71.4 Å². The van der Waals surface area contributed by atoms with Crippen molar-refractivity contribution in [3.05, 3.63) is 69.3 Å². The number of hydrogen-bond donors (Lipinski definition) is 0. The summed E-state index contributed by atoms with van der Waals surface area (Å²) in [5.41, 5.74) is -8.87. The molecule has 3 nitrogen and oxygen atoms in total. The highest BCUT2D eigenvalue weighted by molar-refractivity contribution is 6.27. The molecule has 0 aliphatic heterocycles. The minimum Gasteiger partial charge on any atom is -0.203 e. The van der Waals surface area contributed by atoms with Gasteiger partial charge in [0.15, 0.2) is 23.3 Å². The zero-order chi connectivity index (χ0) is 28.1. The van der Waals surface area contributed by atoms with E-state index in [2.05, 4.69) is 0 Å². The Hall–Kier alpha value is -4.83. The van der Waals surface area contributed by atoms with Crippen molar-refractivity contribution in [1.29, 1.82) is 15.8 Å². The molecule has 4 aromatic carbocycles. The van der Waals surface area contributed by atoms with Gasteiger partial charge in [0.2, 0.25) is 0 Å². The van der Waals surface area contributed by atoms with E-state index in [1.54, 1.807) is 0 Å². The average Bonchev–Trinajstić information content (AvgIpc) is 3.17. The van der Waals surface area contributed by atoms with E-state index in [0.717, 1.165) is 0 Å². The number of alkyl halides is 6. The summed E-state index contributed by atoms with van der Waals surface area (Å²) in [4.78, 5) is 0. The lowest BCUT2D eigenvalue weighted by Gasteiger charge is -2.18. The molecule has 4 aromatic rings. The first-order valence-corrected chi connectivity index (χ1v) is 10.0. The molecule has 0 unspecified atom stereocenters. The largest absolute Gasteiger partial charge is 0.418 e. The molecule has 0 amide bonds. The Morgan fingerprint density at radius 2 is 1.08 bits per heavy atom. The van der Waals surface area contributed by atoms with E-state index in [4.69, 9.17) is 0 Å². The number of halogens is 10. The Balaban J connectivity index is 2.23. The fraction of sp³-hybridized carbons (Fsp3) is 0.0800. The van der Waals surface area contributed by atoms with Crippen LogP contribution in [0.25, 0.3) is 43.8 Å². The zero-order valence-electron chi connectivity index (χ0n) is 17.9. The van der Waals surface area contributed by atoms with Crippen LogP contribution < -0.4 is 0 Å². The van der Waals surface area contributed by atoms with Gasteiger partial charge in [0.1, 0.15) is 6.07 Å². The normalized spacial score (nSPS) is 12.4. The van der Waals surface area contributed by atoms with Crippen LogP contribution >= 0.6 is 0 Å². The first kappa shape index (κ1) is 24.8. The number of nitriles is 3. The van der Waals surface area contributed by atoms with Crippen LogP contribution in [0.15, 0.2) is 18.2 Å². The number of hydrogen-bond acceptors (Lipinski definition) is 3. The Bertz CT molecular complexity index is 1910. The summed E-state index contributed by atoms with van der Waals surface area (Å²) in [6, 6.07) is 5.47. The van der Waals surface area contributed by atoms with E-state index >= 15 is 8.78 Å². The third-order valence-electron chi connectivity index (χ3n) is 6.25. The first-order valence-electron chi connectivity index (χ1n) is 10.0. The molecule has 0 saturated heterocycles. The smallest absolute Gasteiger partial charge is 0.203 e. The van der Waals surface area contributed by atoms with Crippen LogP contribution in [0.4, 0.5) is 43.9 Å². The second-order valence-corrected chi connectivity index (χ2v) is 8.13. The second-order valence-electron chi connectivity index (χ2n) is 8.13. The van der Waals surface area contributed by atoms with Crippen LogP contribution in [0.1, 0.15) is 27.8 Å². The van der Waals surface area contributed by atoms with Crippen LogP contribution in [0.3, 0.4) is 0 Å². The molecule has 0 aromatic heterocycles. The summed E-state index contributed by atoms with van der Waals surface area (Å²) in [7, 11) is 0. The van der Waals surface area contributed by atoms with Gasteiger partial charge in [0, 0.05) is 27.1 Å². The molecular weight excluding hydrogens is 532 g/mol. The summed E-state index contributed by atoms with van der Waals surface area (Å²) >= 11 is 0. The molecule has 1 aliphatic carbocycles. The van der Waals surface area contributed by atoms with Gasteiger partial charge in [0.25, 0.3) is 0 Å². The molecule has 0 radical (unpaired) electrons. The fourth-order valence-electron chi connectivity index (χ4n) is 4.88. The molecule has 5 rings (SSSR count). The summed E-state index contributed by atoms with van der Waals surface area (Å²) in [5, 5.41) is 23.5. The van der Waals surface area contributed by atoms with Gasteiger partial charge in [-0.3, -0.25) is 0 Å². The first-order chi connectivity index (χ1) is 17.7. The fourth-order valence-corrected chi connectivity index (χ4v) is 4.88. The zero-order valence-corrected chi connectivity index (χ0v) is 17.9. The number of nitrogens with zero attached hydrogens (tertiary/aromatic N) is 3. The SMILES string of the molecule is N#Cc1cc2c(cc1C(F)(F)F)-c1c(C#N)c3c(F)c(F)c(F)c(F)c3c3c(C(F)(F)F)c(C#N)cc-2c13. The van der Waals surface area contributed by atoms with Gasteiger partial charge in [-0.2, -0.15) is 42.1 Å². The van der Waals surface area contributed by atoms with E-state index in [9.17, 15) is 50.9 Å². The molecule has 0 heterocycles. The van der Waals surface area contributed by atoms with Crippen molar-refractivity contribution < 1.29 is 43.9 Å². The summed E-state index contributed by atoms with van der Waals surface area (Å²) in [6.45, 7) is 0. The van der Waals surface area contributed by atoms with Crippen molar-refractivity contribution in [2.75, 3.05) is 0 Å². The molecule has 188 valence electrons. The summed E-state index contributed by atoms with van der Waals surface area (Å²) < 4.78 is 142. The molecule has 0 N–H and O–H groups in total. The van der Waals surface area contributed by atoms with Crippen LogP contribution in [0, 0.1) is 57.3 Å². The Morgan fingerprint density at radius 3 is 1.58 bits per heavy atom. The van der Waals surface area contributed by atoms with Crippen molar-refractivity contribution in [1.82, 2.24) is 0 Å². The number of fused-ring (bicyclic) bond motifs is 5. The average molecular weight is 535 g/mol. The predicted octanol–water partition coefficient (Wildman–Crippen LogP) is 7.85. The van der Waals surface area contributed by atoms with Crippen molar-refractivity contribution in [3.63, 3.8) is 0 Å². The molecule has 38 heavy (non-hydrogen) atoms. The lowest BCUT2D eigenvalue weighted by molar-refractivity contribution is -0.138. The van der Waals surface area contributed by atoms with Crippen LogP contribution in [0.2, 0.25) is 0 Å². The molecule has 0 fully saturated rings. The van der Waals surface area contributed by atoms with E-state index in [0.29, 0.717) is 18.2 Å². The van der Waals surface area contributed by atoms with E-state index in [-0.39, 0.29) is 5.56 Å². The Morgan fingerprint density at radius 1 is 0.526 bits per heavy atom. The Labute approximate surface area is 204 Å². The lowest BCUT2D eigenvalue weighted by Crippen LogP contribution is -2.11. The van der Waals surface area contributed by atoms with Gasteiger partial charge >= 0.3 is 12.4 Å². The van der Waals surface area contributed by atoms with Crippen LogP contribution in [0.5, 0.6) is 0 Å². The van der Waals surface area contributed by atoms with Gasteiger partial charge < -0.3 is 0 Å². The quantitative estimate of drug-likeness (QED) is 0.0878. The predicted molar refractivity (Wildman–Crippen MR) is 110 cm³/mol. The van der Waals surface area contributed by atoms with Crippen molar-refractivity contribution in [2.24, 2.45) is 0 Å². The van der Waals surface area contributed by atoms with Crippen LogP contribution in [-0.4, -0.2) is 0 Å². The maximum Gasteiger partial charge on any atom is 0.418 e. The third-order valence-corrected chi connectivity index (χ3v) is 6.25. The Kier molecular flexibility index (Phi) is 4.96. The van der Waals surface area contributed by atoms with Crippen molar-refractivity contribution in [3.8, 4) is 40.5 Å². The number of benzene rings is 4. The number of rotatable bonds is 0. The standard InChI is InChI=1S/C25H3F10N3/c26-20-16-12(6-38)14-11-3-13(24(30,31)32)7(4-36)1-9(11)10-2-8(5-37)19(25(33,34)35)17(15(10)14)18(16)21(27)23(29)22(20)28/h1-3H. The van der Waals surface area contributed by atoms with Gasteiger partial charge in [-0.05, 0) is 34.9 Å². The lowest BCUT2D eigenvalue weighted by atomic mass is 9.86. The van der Waals surface area contributed by atoms with Gasteiger partial charge in [-0.1, -0.05) is 0 Å². The highest BCUT2D eigenvalue weighted by Crippen LogP contribution is 2.57. The highest BCUT2D eigenvalue weighted by atomic mass is 19.4. The van der Waals surface area contributed by atoms with E-state index in [1.165, 1.54) is 18.2 Å². The highest BCUT2D eigenvalue weighted by Gasteiger charge is 2.43. The molecule has 0 atom stereocenters.